The lowest BCUT2D eigenvalue weighted by molar-refractivity contribution is 0.0741. The lowest BCUT2D eigenvalue weighted by atomic mass is 9.99. The van der Waals surface area contributed by atoms with Gasteiger partial charge in [0.2, 0.25) is 5.43 Å². The number of rotatable bonds is 5. The summed E-state index contributed by atoms with van der Waals surface area (Å²) in [6.07, 6.45) is 6.00. The maximum absolute atomic E-state index is 12.7. The zero-order valence-corrected chi connectivity index (χ0v) is 18.7. The number of fused-ring (bicyclic) bond motifs is 3. The molecular formula is C25H23N3O4S. The fourth-order valence-electron chi connectivity index (χ4n) is 4.02. The molecule has 1 aromatic heterocycles. The van der Waals surface area contributed by atoms with Crippen molar-refractivity contribution in [1.82, 2.24) is 9.58 Å². The van der Waals surface area contributed by atoms with Crippen molar-refractivity contribution in [3.63, 3.8) is 0 Å². The average Bonchev–Trinajstić information content (AvgIpc) is 3.02. The highest BCUT2D eigenvalue weighted by atomic mass is 32.2. The number of hydrogen-bond donors (Lipinski definition) is 2. The van der Waals surface area contributed by atoms with Gasteiger partial charge in [0.1, 0.15) is 19.0 Å². The number of pyridine rings is 1. The molecule has 33 heavy (non-hydrogen) atoms. The van der Waals surface area contributed by atoms with E-state index in [2.05, 4.69) is 35.8 Å². The van der Waals surface area contributed by atoms with Gasteiger partial charge in [0.05, 0.1) is 0 Å². The molecule has 1 amide bonds. The maximum Gasteiger partial charge on any atom is 0.278 e. The molecule has 5 rings (SSSR count). The first-order chi connectivity index (χ1) is 16.1. The molecule has 0 aliphatic carbocycles. The lowest BCUT2D eigenvalue weighted by Crippen LogP contribution is -2.46. The van der Waals surface area contributed by atoms with Crippen LogP contribution in [0.5, 0.6) is 11.5 Å². The van der Waals surface area contributed by atoms with Gasteiger partial charge in [0.25, 0.3) is 5.91 Å². The molecule has 2 aliphatic rings. The molecular weight excluding hydrogens is 438 g/mol. The number of nitrogens with zero attached hydrogens (tertiary/aromatic N) is 2. The first-order valence-electron chi connectivity index (χ1n) is 10.7. The summed E-state index contributed by atoms with van der Waals surface area (Å²) >= 11 is 1.85. The van der Waals surface area contributed by atoms with Crippen LogP contribution < -0.4 is 15.6 Å². The summed E-state index contributed by atoms with van der Waals surface area (Å²) in [6.45, 7) is 0.971. The lowest BCUT2D eigenvalue weighted by Gasteiger charge is -2.30. The SMILES string of the molecule is O=C1c2c(O)c(=O)ccn2NCN1C/C=C\COc1cccc2c1Cc1ccccc1SC2. The van der Waals surface area contributed by atoms with Crippen molar-refractivity contribution < 1.29 is 14.6 Å². The number of thioether (sulfide) groups is 1. The molecule has 0 saturated heterocycles. The van der Waals surface area contributed by atoms with Gasteiger partial charge in [-0.05, 0) is 29.3 Å². The minimum absolute atomic E-state index is 0.0523. The quantitative estimate of drug-likeness (QED) is 0.567. The zero-order chi connectivity index (χ0) is 22.8. The Morgan fingerprint density at radius 1 is 1.06 bits per heavy atom. The second kappa shape index (κ2) is 9.07. The third kappa shape index (κ3) is 4.21. The van der Waals surface area contributed by atoms with Crippen LogP contribution >= 0.6 is 11.8 Å². The Hall–Kier alpha value is -3.65. The smallest absolute Gasteiger partial charge is 0.278 e. The Kier molecular flexibility index (Phi) is 5.83. The third-order valence-corrected chi connectivity index (χ3v) is 6.94. The van der Waals surface area contributed by atoms with E-state index in [4.69, 9.17) is 4.74 Å². The van der Waals surface area contributed by atoms with Gasteiger partial charge in [-0.2, -0.15) is 0 Å². The highest BCUT2D eigenvalue weighted by Gasteiger charge is 2.27. The van der Waals surface area contributed by atoms with Gasteiger partial charge in [0, 0.05) is 41.4 Å². The summed E-state index contributed by atoms with van der Waals surface area (Å²) in [5.74, 6) is 0.847. The van der Waals surface area contributed by atoms with Gasteiger partial charge in [-0.15, -0.1) is 11.8 Å². The Balaban J connectivity index is 1.23. The fraction of sp³-hybridized carbons (Fsp3) is 0.200. The van der Waals surface area contributed by atoms with E-state index in [0.29, 0.717) is 13.2 Å². The van der Waals surface area contributed by atoms with Crippen LogP contribution in [0, 0.1) is 0 Å². The highest BCUT2D eigenvalue weighted by Crippen LogP contribution is 2.37. The fourth-order valence-corrected chi connectivity index (χ4v) is 5.10. The van der Waals surface area contributed by atoms with Crippen molar-refractivity contribution in [1.29, 1.82) is 0 Å². The van der Waals surface area contributed by atoms with Gasteiger partial charge in [0.15, 0.2) is 11.4 Å². The van der Waals surface area contributed by atoms with E-state index >= 15 is 0 Å². The minimum atomic E-state index is -0.579. The van der Waals surface area contributed by atoms with Crippen LogP contribution in [0.25, 0.3) is 0 Å². The van der Waals surface area contributed by atoms with Crippen LogP contribution in [0.3, 0.4) is 0 Å². The molecule has 0 saturated carbocycles. The maximum atomic E-state index is 12.7. The Morgan fingerprint density at radius 2 is 1.91 bits per heavy atom. The molecule has 0 spiro atoms. The molecule has 0 fully saturated rings. The molecule has 7 nitrogen and oxygen atoms in total. The summed E-state index contributed by atoms with van der Waals surface area (Å²) in [6, 6.07) is 15.9. The predicted octanol–water partition coefficient (Wildman–Crippen LogP) is 3.34. The second-order valence-electron chi connectivity index (χ2n) is 7.84. The molecule has 8 heteroatoms. The standard InChI is InChI=1S/C25H23N3O4S/c29-20-10-12-28-23(24(20)30)25(31)27(16-26-28)11-3-4-13-32-21-8-5-7-18-15-33-22-9-2-1-6-17(22)14-19(18)21/h1-10,12,26,30H,11,13-16H2/b4-3-. The molecule has 0 unspecified atom stereocenters. The molecule has 2 aliphatic heterocycles. The van der Waals surface area contributed by atoms with E-state index in [1.54, 1.807) is 0 Å². The molecule has 0 bridgehead atoms. The molecule has 0 radical (unpaired) electrons. The van der Waals surface area contributed by atoms with Gasteiger partial charge in [-0.25, -0.2) is 0 Å². The van der Waals surface area contributed by atoms with Crippen molar-refractivity contribution in [2.75, 3.05) is 25.2 Å². The summed E-state index contributed by atoms with van der Waals surface area (Å²) in [4.78, 5) is 27.2. The van der Waals surface area contributed by atoms with Crippen LogP contribution in [0.1, 0.15) is 27.2 Å². The third-order valence-electron chi connectivity index (χ3n) is 5.78. The number of hydrogen-bond acceptors (Lipinski definition) is 6. The van der Waals surface area contributed by atoms with Gasteiger partial charge < -0.3 is 20.2 Å². The number of nitrogens with one attached hydrogen (secondary N) is 1. The molecule has 2 aromatic carbocycles. The number of carbonyl (C=O) groups excluding carboxylic acids is 1. The van der Waals surface area contributed by atoms with E-state index in [0.717, 1.165) is 17.9 Å². The Morgan fingerprint density at radius 3 is 2.82 bits per heavy atom. The molecule has 3 aromatic rings. The van der Waals surface area contributed by atoms with Crippen LogP contribution in [-0.2, 0) is 12.2 Å². The second-order valence-corrected chi connectivity index (χ2v) is 8.86. The number of ether oxygens (including phenoxy) is 1. The number of aromatic nitrogens is 1. The number of benzene rings is 2. The van der Waals surface area contributed by atoms with E-state index in [9.17, 15) is 14.7 Å². The largest absolute Gasteiger partial charge is 0.502 e. The van der Waals surface area contributed by atoms with E-state index < -0.39 is 17.1 Å². The topological polar surface area (TPSA) is 83.8 Å². The van der Waals surface area contributed by atoms with Crippen molar-refractivity contribution >= 4 is 17.7 Å². The number of amides is 1. The summed E-state index contributed by atoms with van der Waals surface area (Å²) in [5.41, 5.74) is 6.17. The first-order valence-corrected chi connectivity index (χ1v) is 11.7. The van der Waals surface area contributed by atoms with Crippen LogP contribution in [0.4, 0.5) is 0 Å². The van der Waals surface area contributed by atoms with Crippen LogP contribution in [0.2, 0.25) is 0 Å². The van der Waals surface area contributed by atoms with Gasteiger partial charge in [-0.1, -0.05) is 36.4 Å². The highest BCUT2D eigenvalue weighted by molar-refractivity contribution is 7.98. The summed E-state index contributed by atoms with van der Waals surface area (Å²) in [7, 11) is 0. The molecule has 168 valence electrons. The van der Waals surface area contributed by atoms with Gasteiger partial charge >= 0.3 is 0 Å². The van der Waals surface area contributed by atoms with Crippen LogP contribution in [-0.4, -0.2) is 40.4 Å². The summed E-state index contributed by atoms with van der Waals surface area (Å²) in [5, 5.41) is 9.99. The average molecular weight is 462 g/mol. The van der Waals surface area contributed by atoms with Crippen molar-refractivity contribution in [2.45, 2.75) is 17.1 Å². The van der Waals surface area contributed by atoms with Crippen LogP contribution in [0.15, 0.2) is 76.6 Å². The monoisotopic (exact) mass is 461 g/mol. The number of aromatic hydroxyl groups is 1. The van der Waals surface area contributed by atoms with Crippen molar-refractivity contribution in [3.05, 3.63) is 99.5 Å². The predicted molar refractivity (Wildman–Crippen MR) is 128 cm³/mol. The molecule has 3 heterocycles. The minimum Gasteiger partial charge on any atom is -0.502 e. The van der Waals surface area contributed by atoms with Crippen molar-refractivity contribution in [3.8, 4) is 11.5 Å². The molecule has 2 N–H and O–H groups in total. The van der Waals surface area contributed by atoms with E-state index in [1.807, 2.05) is 36.0 Å². The summed E-state index contributed by atoms with van der Waals surface area (Å²) < 4.78 is 7.46. The normalized spacial score (nSPS) is 14.8. The Labute approximate surface area is 195 Å². The van der Waals surface area contributed by atoms with E-state index in [1.165, 1.54) is 43.4 Å². The molecule has 0 atom stereocenters. The Bertz CT molecular complexity index is 1300. The number of carbonyl (C=O) groups is 1. The van der Waals surface area contributed by atoms with E-state index in [-0.39, 0.29) is 12.4 Å². The van der Waals surface area contributed by atoms with Gasteiger partial charge in [-0.3, -0.25) is 14.3 Å². The zero-order valence-electron chi connectivity index (χ0n) is 17.9. The first kappa shape index (κ1) is 21.2. The van der Waals surface area contributed by atoms with Crippen molar-refractivity contribution in [2.24, 2.45) is 0 Å².